The molecule has 10 heteroatoms. The van der Waals surface area contributed by atoms with Gasteiger partial charge in [-0.25, -0.2) is 0 Å². The summed E-state index contributed by atoms with van der Waals surface area (Å²) < 4.78 is 8.73. The van der Waals surface area contributed by atoms with Gasteiger partial charge in [-0.2, -0.15) is 0 Å². The number of benzene rings is 8. The van der Waals surface area contributed by atoms with Crippen molar-refractivity contribution >= 4 is 38.8 Å². The molecule has 0 bridgehead atoms. The van der Waals surface area contributed by atoms with E-state index in [1.54, 1.807) is 6.20 Å². The first-order valence-electron chi connectivity index (χ1n) is 31.0. The average Bonchev–Trinajstić information content (AvgIpc) is 1.64. The second kappa shape index (κ2) is 32.2. The Balaban J connectivity index is 0.000000187. The van der Waals surface area contributed by atoms with Gasteiger partial charge in [-0.3, -0.25) is 14.8 Å². The van der Waals surface area contributed by atoms with Crippen LogP contribution in [0.25, 0.3) is 95.1 Å². The molecule has 0 fully saturated rings. The van der Waals surface area contributed by atoms with Crippen molar-refractivity contribution in [3.05, 3.63) is 257 Å². The number of aliphatic hydroxyl groups excluding tert-OH is 1. The molecule has 1 N–H and O–H groups in total. The topological polar surface area (TPSA) is 107 Å². The second-order valence-corrected chi connectivity index (χ2v) is 24.7. The number of pyridine rings is 1. The van der Waals surface area contributed by atoms with E-state index in [0.29, 0.717) is 36.5 Å². The van der Waals surface area contributed by atoms with E-state index in [1.165, 1.54) is 50.7 Å². The Morgan fingerprint density at radius 3 is 1.86 bits per heavy atom. The van der Waals surface area contributed by atoms with E-state index < -0.39 is 0 Å². The summed E-state index contributed by atoms with van der Waals surface area (Å²) >= 11 is 0. The van der Waals surface area contributed by atoms with E-state index in [-0.39, 0.29) is 51.8 Å². The fourth-order valence-electron chi connectivity index (χ4n) is 11.5. The van der Waals surface area contributed by atoms with Crippen molar-refractivity contribution in [2.75, 3.05) is 0 Å². The Hall–Kier alpha value is -8.23. The predicted octanol–water partition coefficient (Wildman–Crippen LogP) is 21.4. The SMILES string of the molecule is CC(C)CC(=O)C=C(O)CC(C)C.CC(C)c1cccc(C(C)C)c1-n1c(-c2[c-]ccc3c2oc2ccccc23)nc2ccccc21.Cc1[c-]c(-c2ncc(-c3c(C)cccc3C)nc2-c2cc(C)cc(C)c2)cc(C)c1.[Ir].[Ir].[c-]1ccccc1-c1ccccn1. The van der Waals surface area contributed by atoms with Crippen LogP contribution in [0.15, 0.2) is 199 Å². The molecule has 0 spiro atoms. The Bertz CT molecular complexity index is 4320. The first-order valence-corrected chi connectivity index (χ1v) is 31.0. The number of hydrogen-bond donors (Lipinski definition) is 1. The number of carbonyl (C=O) groups excluding carboxylic acids is 1. The van der Waals surface area contributed by atoms with Gasteiger partial charge in [-0.15, -0.1) is 89.0 Å². The molecule has 4 heterocycles. The number of ketones is 1. The number of fused-ring (bicyclic) bond motifs is 4. The third-order valence-corrected chi connectivity index (χ3v) is 15.3. The van der Waals surface area contributed by atoms with Crippen LogP contribution in [0.4, 0.5) is 0 Å². The predicted molar refractivity (Wildman–Crippen MR) is 370 cm³/mol. The van der Waals surface area contributed by atoms with Gasteiger partial charge >= 0.3 is 0 Å². The molecule has 12 aromatic rings. The molecule has 0 aliphatic carbocycles. The van der Waals surface area contributed by atoms with Gasteiger partial charge < -0.3 is 24.1 Å². The zero-order valence-corrected chi connectivity index (χ0v) is 59.6. The van der Waals surface area contributed by atoms with Crippen molar-refractivity contribution in [1.82, 2.24) is 24.5 Å². The van der Waals surface area contributed by atoms with E-state index >= 15 is 0 Å². The van der Waals surface area contributed by atoms with Crippen molar-refractivity contribution in [2.24, 2.45) is 11.8 Å². The van der Waals surface area contributed by atoms with E-state index in [1.807, 2.05) is 101 Å². The van der Waals surface area contributed by atoms with Gasteiger partial charge in [0.15, 0.2) is 5.78 Å². The van der Waals surface area contributed by atoms with Crippen LogP contribution in [0, 0.1) is 71.6 Å². The Morgan fingerprint density at radius 1 is 0.582 bits per heavy atom. The van der Waals surface area contributed by atoms with Crippen LogP contribution in [-0.4, -0.2) is 35.4 Å². The van der Waals surface area contributed by atoms with E-state index in [0.717, 1.165) is 95.0 Å². The van der Waals surface area contributed by atoms with Crippen LogP contribution in [0.1, 0.15) is 125 Å². The third-order valence-electron chi connectivity index (χ3n) is 15.3. The maximum Gasteiger partial charge on any atom is 0.159 e. The number of hydrogen-bond acceptors (Lipinski definition) is 7. The van der Waals surface area contributed by atoms with Gasteiger partial charge in [-0.1, -0.05) is 188 Å². The molecular formula is C81H82Ir2N5O3-3. The summed E-state index contributed by atoms with van der Waals surface area (Å²) in [5.41, 5.74) is 23.6. The fraction of sp³-hybridized carbons (Fsp3) is 0.247. The van der Waals surface area contributed by atoms with Crippen LogP contribution >= 0.6 is 0 Å². The summed E-state index contributed by atoms with van der Waals surface area (Å²) in [7, 11) is 0. The van der Waals surface area contributed by atoms with Crippen LogP contribution in [0.5, 0.6) is 0 Å². The fourth-order valence-corrected chi connectivity index (χ4v) is 11.5. The summed E-state index contributed by atoms with van der Waals surface area (Å²) in [5, 5.41) is 11.5. The van der Waals surface area contributed by atoms with Gasteiger partial charge in [0.05, 0.1) is 39.6 Å². The molecule has 0 amide bonds. The summed E-state index contributed by atoms with van der Waals surface area (Å²) in [4.78, 5) is 30.7. The number of furan rings is 1. The minimum absolute atomic E-state index is 0. The van der Waals surface area contributed by atoms with Gasteiger partial charge in [0, 0.05) is 93.9 Å². The van der Waals surface area contributed by atoms with Crippen LogP contribution in [-0.2, 0) is 45.0 Å². The first-order chi connectivity index (χ1) is 42.7. The second-order valence-electron chi connectivity index (χ2n) is 24.7. The van der Waals surface area contributed by atoms with Crippen LogP contribution in [0.2, 0.25) is 0 Å². The number of nitrogens with zero attached hydrogens (tertiary/aromatic N) is 5. The molecule has 91 heavy (non-hydrogen) atoms. The minimum Gasteiger partial charge on any atom is -0.512 e. The van der Waals surface area contributed by atoms with Gasteiger partial charge in [0.1, 0.15) is 5.58 Å². The normalized spacial score (nSPS) is 11.2. The zero-order valence-electron chi connectivity index (χ0n) is 54.8. The molecule has 0 unspecified atom stereocenters. The number of aromatic nitrogens is 5. The first kappa shape index (κ1) is 70.2. The monoisotopic (exact) mass is 1560 g/mol. The molecule has 4 aromatic heterocycles. The molecule has 8 aromatic carbocycles. The van der Waals surface area contributed by atoms with E-state index in [4.69, 9.17) is 19.4 Å². The van der Waals surface area contributed by atoms with Crippen molar-refractivity contribution < 1.29 is 54.5 Å². The number of rotatable bonds is 13. The maximum absolute atomic E-state index is 11.2. The number of aliphatic hydroxyl groups is 1. The summed E-state index contributed by atoms with van der Waals surface area (Å²) in [6, 6.07) is 68.3. The third kappa shape index (κ3) is 17.4. The Kier molecular flexibility index (Phi) is 24.8. The molecule has 12 rings (SSSR count). The molecule has 0 aliphatic heterocycles. The van der Waals surface area contributed by atoms with Gasteiger partial charge in [0.2, 0.25) is 0 Å². The number of carbonyl (C=O) groups is 1. The molecular weight excluding hydrogens is 1480 g/mol. The van der Waals surface area contributed by atoms with Gasteiger partial charge in [-0.05, 0) is 109 Å². The molecule has 0 saturated carbocycles. The molecule has 8 nitrogen and oxygen atoms in total. The standard InChI is InChI=1S/C31H27N2O.C28H27N2.C11H8N.C11H20O2.2Ir/c1-19(2)21-12-9-13-22(20(3)4)29(21)33-27-17-7-6-16-26(27)32-31(33)25-15-10-14-24-23-11-5-8-18-28(23)34-30(24)25;1-17-10-18(2)13-23(12-17)27-28(24-14-19(3)11-20(4)15-24)30-25(16-29-27)26-21(5)8-7-9-22(26)6;1-2-6-10(7-3-1)11-8-4-5-9-12-11;1-8(2)5-10(12)7-11(13)6-9(3)4;;/h5-14,16-20H,1-4H3;7-12,14-16H,1-6H3;1-6,8-9H;7-9,12H,5-6H2,1-4H3;;/q3*-1;;;. The maximum atomic E-state index is 11.2. The van der Waals surface area contributed by atoms with Crippen molar-refractivity contribution in [3.8, 4) is 62.1 Å². The molecule has 0 saturated heterocycles. The summed E-state index contributed by atoms with van der Waals surface area (Å²) in [6.45, 7) is 29.7. The Labute approximate surface area is 566 Å². The summed E-state index contributed by atoms with van der Waals surface area (Å²) in [5.74, 6) is 2.58. The van der Waals surface area contributed by atoms with Crippen molar-refractivity contribution in [3.63, 3.8) is 0 Å². The Morgan fingerprint density at radius 2 is 1.22 bits per heavy atom. The van der Waals surface area contributed by atoms with E-state index in [2.05, 4.69) is 200 Å². The molecule has 470 valence electrons. The van der Waals surface area contributed by atoms with E-state index in [9.17, 15) is 9.90 Å². The smallest absolute Gasteiger partial charge is 0.159 e. The average molecular weight is 1560 g/mol. The molecule has 0 atom stereocenters. The number of para-hydroxylation sites is 4. The quantitative estimate of drug-likeness (QED) is 0.0696. The van der Waals surface area contributed by atoms with Crippen LogP contribution in [0.3, 0.4) is 0 Å². The number of allylic oxidation sites excluding steroid dienone is 2. The van der Waals surface area contributed by atoms with Crippen molar-refractivity contribution in [2.45, 2.75) is 122 Å². The summed E-state index contributed by atoms with van der Waals surface area (Å²) in [6.07, 6.45) is 6.16. The number of imidazole rings is 1. The largest absolute Gasteiger partial charge is 0.512 e. The van der Waals surface area contributed by atoms with Gasteiger partial charge in [0.25, 0.3) is 0 Å². The van der Waals surface area contributed by atoms with Crippen LogP contribution < -0.4 is 0 Å². The zero-order chi connectivity index (χ0) is 63.5. The molecule has 0 aliphatic rings. The minimum atomic E-state index is 0. The van der Waals surface area contributed by atoms with Crippen molar-refractivity contribution in [1.29, 1.82) is 0 Å². The molecule has 2 radical (unpaired) electrons. The number of aryl methyl sites for hydroxylation is 6.